The first-order chi connectivity index (χ1) is 12.4. The second-order valence-electron chi connectivity index (χ2n) is 5.35. The van der Waals surface area contributed by atoms with Crippen LogP contribution in [0.1, 0.15) is 10.6 Å². The van der Waals surface area contributed by atoms with E-state index in [1.54, 1.807) is 18.4 Å². The molecule has 3 aromatic rings. The molecule has 0 saturated carbocycles. The summed E-state index contributed by atoms with van der Waals surface area (Å²) >= 11 is 1.39. The number of rotatable bonds is 7. The molecule has 1 N–H and O–H groups in total. The van der Waals surface area contributed by atoms with Crippen molar-refractivity contribution >= 4 is 21.4 Å². The number of sulfonamides is 1. The number of nitrogens with one attached hydrogen (secondary N) is 1. The topological polar surface area (TPSA) is 90.7 Å². The first-order valence-corrected chi connectivity index (χ1v) is 9.96. The summed E-state index contributed by atoms with van der Waals surface area (Å²) in [7, 11) is -0.757. The summed E-state index contributed by atoms with van der Waals surface area (Å²) in [6, 6.07) is 8.05. The van der Waals surface area contributed by atoms with Crippen LogP contribution in [0.2, 0.25) is 0 Å². The number of hydrogen-bond acceptors (Lipinski definition) is 7. The highest BCUT2D eigenvalue weighted by molar-refractivity contribution is 7.89. The Morgan fingerprint density at radius 1 is 1.19 bits per heavy atom. The predicted octanol–water partition coefficient (Wildman–Crippen LogP) is 3.21. The van der Waals surface area contributed by atoms with Gasteiger partial charge in [0.15, 0.2) is 22.3 Å². The molecule has 0 aliphatic carbocycles. The zero-order valence-electron chi connectivity index (χ0n) is 14.5. The number of aryl methyl sites for hydroxylation is 1. The minimum Gasteiger partial charge on any atom is -0.493 e. The van der Waals surface area contributed by atoms with Gasteiger partial charge in [0.25, 0.3) is 0 Å². The second kappa shape index (κ2) is 7.48. The maximum Gasteiger partial charge on any atom is 0.241 e. The van der Waals surface area contributed by atoms with Crippen LogP contribution in [0.5, 0.6) is 11.5 Å². The number of furan rings is 1. The first-order valence-electron chi connectivity index (χ1n) is 7.66. The Bertz CT molecular complexity index is 994. The van der Waals surface area contributed by atoms with Crippen molar-refractivity contribution in [2.24, 2.45) is 0 Å². The fourth-order valence-corrected chi connectivity index (χ4v) is 4.40. The average molecular weight is 394 g/mol. The molecule has 0 aliphatic heterocycles. The number of ether oxygens (including phenoxy) is 2. The van der Waals surface area contributed by atoms with Crippen molar-refractivity contribution in [1.29, 1.82) is 0 Å². The van der Waals surface area contributed by atoms with Crippen LogP contribution < -0.4 is 14.2 Å². The van der Waals surface area contributed by atoms with Crippen LogP contribution >= 0.6 is 11.3 Å². The minimum absolute atomic E-state index is 0.101. The normalized spacial score (nSPS) is 11.5. The van der Waals surface area contributed by atoms with Crippen molar-refractivity contribution < 1.29 is 22.3 Å². The third-order valence-corrected chi connectivity index (χ3v) is 6.28. The molecule has 0 saturated heterocycles. The van der Waals surface area contributed by atoms with Crippen LogP contribution in [0.15, 0.2) is 45.9 Å². The molecule has 2 heterocycles. The lowest BCUT2D eigenvalue weighted by Gasteiger charge is -2.10. The van der Waals surface area contributed by atoms with Gasteiger partial charge in [0.05, 0.1) is 31.1 Å². The number of nitrogens with zero attached hydrogens (tertiary/aromatic N) is 1. The molecular formula is C17H18N2O5S2. The van der Waals surface area contributed by atoms with E-state index in [1.165, 1.54) is 37.7 Å². The molecule has 0 unspecified atom stereocenters. The average Bonchev–Trinajstić information content (AvgIpc) is 3.29. The lowest BCUT2D eigenvalue weighted by Crippen LogP contribution is -2.23. The Kier molecular flexibility index (Phi) is 5.30. The van der Waals surface area contributed by atoms with Crippen molar-refractivity contribution in [2.45, 2.75) is 18.4 Å². The van der Waals surface area contributed by atoms with E-state index >= 15 is 0 Å². The molecule has 0 fully saturated rings. The Hall–Kier alpha value is -2.36. The number of thiazole rings is 1. The summed E-state index contributed by atoms with van der Waals surface area (Å²) < 4.78 is 43.4. The van der Waals surface area contributed by atoms with Crippen LogP contribution in [0.25, 0.3) is 10.8 Å². The third kappa shape index (κ3) is 3.74. The number of aromatic nitrogens is 1. The highest BCUT2D eigenvalue weighted by Gasteiger charge is 2.19. The summed E-state index contributed by atoms with van der Waals surface area (Å²) in [6.45, 7) is 1.98. The molecule has 3 rings (SSSR count). The van der Waals surface area contributed by atoms with Gasteiger partial charge in [0.2, 0.25) is 10.0 Å². The molecule has 0 atom stereocenters. The quantitative estimate of drug-likeness (QED) is 0.662. The minimum atomic E-state index is -3.71. The second-order valence-corrected chi connectivity index (χ2v) is 8.20. The Morgan fingerprint density at radius 3 is 2.62 bits per heavy atom. The van der Waals surface area contributed by atoms with Crippen LogP contribution in [0.3, 0.4) is 0 Å². The summed E-state index contributed by atoms with van der Waals surface area (Å²) in [6.07, 6.45) is 1.57. The molecule has 0 bridgehead atoms. The molecule has 26 heavy (non-hydrogen) atoms. The molecule has 0 amide bonds. The largest absolute Gasteiger partial charge is 0.493 e. The van der Waals surface area contributed by atoms with E-state index in [0.29, 0.717) is 22.3 Å². The molecule has 7 nitrogen and oxygen atoms in total. The Balaban J connectivity index is 1.79. The maximum atomic E-state index is 12.6. The van der Waals surface area contributed by atoms with Crippen LogP contribution in [-0.4, -0.2) is 27.6 Å². The zero-order chi connectivity index (χ0) is 18.7. The van der Waals surface area contributed by atoms with E-state index < -0.39 is 10.0 Å². The highest BCUT2D eigenvalue weighted by atomic mass is 32.2. The molecule has 9 heteroatoms. The number of benzene rings is 1. The monoisotopic (exact) mass is 394 g/mol. The van der Waals surface area contributed by atoms with Gasteiger partial charge in [-0.2, -0.15) is 0 Å². The maximum absolute atomic E-state index is 12.6. The standard InChI is InChI=1S/C17H18N2O5S2/c1-11-16(25-17(19-11)14-5-4-8-24-14)10-18-26(20,21)12-6-7-13(22-2)15(9-12)23-3/h4-9,18H,10H2,1-3H3. The van der Waals surface area contributed by atoms with Crippen molar-refractivity contribution in [3.8, 4) is 22.3 Å². The highest BCUT2D eigenvalue weighted by Crippen LogP contribution is 2.30. The third-order valence-electron chi connectivity index (χ3n) is 3.71. The smallest absolute Gasteiger partial charge is 0.241 e. The molecule has 2 aromatic heterocycles. The zero-order valence-corrected chi connectivity index (χ0v) is 16.1. The van der Waals surface area contributed by atoms with E-state index in [2.05, 4.69) is 9.71 Å². The Morgan fingerprint density at radius 2 is 1.96 bits per heavy atom. The van der Waals surface area contributed by atoms with Crippen molar-refractivity contribution in [1.82, 2.24) is 9.71 Å². The molecule has 138 valence electrons. The molecular weight excluding hydrogens is 376 g/mol. The van der Waals surface area contributed by atoms with Gasteiger partial charge >= 0.3 is 0 Å². The fourth-order valence-electron chi connectivity index (χ4n) is 2.33. The molecule has 0 radical (unpaired) electrons. The van der Waals surface area contributed by atoms with Crippen molar-refractivity contribution in [2.75, 3.05) is 14.2 Å². The van der Waals surface area contributed by atoms with Gasteiger partial charge in [-0.1, -0.05) is 0 Å². The van der Waals surface area contributed by atoms with E-state index in [0.717, 1.165) is 10.6 Å². The summed E-state index contributed by atoms with van der Waals surface area (Å²) in [5.41, 5.74) is 0.761. The van der Waals surface area contributed by atoms with Gasteiger partial charge in [-0.15, -0.1) is 11.3 Å². The van der Waals surface area contributed by atoms with Crippen molar-refractivity contribution in [3.63, 3.8) is 0 Å². The van der Waals surface area contributed by atoms with Gasteiger partial charge < -0.3 is 13.9 Å². The fraction of sp³-hybridized carbons (Fsp3) is 0.235. The van der Waals surface area contributed by atoms with Crippen LogP contribution in [0, 0.1) is 6.92 Å². The first kappa shape index (κ1) is 18.4. The summed E-state index contributed by atoms with van der Waals surface area (Å²) in [5.74, 6) is 1.48. The Labute approximate surface area is 155 Å². The lowest BCUT2D eigenvalue weighted by molar-refractivity contribution is 0.354. The van der Waals surface area contributed by atoms with Gasteiger partial charge in [-0.25, -0.2) is 18.1 Å². The SMILES string of the molecule is COc1ccc(S(=O)(=O)NCc2sc(-c3ccco3)nc2C)cc1OC. The lowest BCUT2D eigenvalue weighted by atomic mass is 10.3. The predicted molar refractivity (Wildman–Crippen MR) is 98.1 cm³/mol. The van der Waals surface area contributed by atoms with E-state index in [1.807, 2.05) is 13.0 Å². The van der Waals surface area contributed by atoms with Gasteiger partial charge in [0.1, 0.15) is 0 Å². The summed E-state index contributed by atoms with van der Waals surface area (Å²) in [5, 5.41) is 0.716. The molecule has 0 aliphatic rings. The van der Waals surface area contributed by atoms with Crippen LogP contribution in [-0.2, 0) is 16.6 Å². The number of hydrogen-bond donors (Lipinski definition) is 1. The van der Waals surface area contributed by atoms with E-state index in [4.69, 9.17) is 13.9 Å². The van der Waals surface area contributed by atoms with Gasteiger partial charge in [0, 0.05) is 17.5 Å². The van der Waals surface area contributed by atoms with Crippen molar-refractivity contribution in [3.05, 3.63) is 47.2 Å². The number of methoxy groups -OCH3 is 2. The van der Waals surface area contributed by atoms with Crippen LogP contribution in [0.4, 0.5) is 0 Å². The molecule has 0 spiro atoms. The van der Waals surface area contributed by atoms with E-state index in [9.17, 15) is 8.42 Å². The molecule has 1 aromatic carbocycles. The van der Waals surface area contributed by atoms with Gasteiger partial charge in [-0.05, 0) is 31.2 Å². The van der Waals surface area contributed by atoms with Gasteiger partial charge in [-0.3, -0.25) is 0 Å². The van der Waals surface area contributed by atoms with E-state index in [-0.39, 0.29) is 11.4 Å². The summed E-state index contributed by atoms with van der Waals surface area (Å²) in [4.78, 5) is 5.35.